The average molecular weight is 314 g/mol. The van der Waals surface area contributed by atoms with Gasteiger partial charge < -0.3 is 4.42 Å². The van der Waals surface area contributed by atoms with E-state index >= 15 is 0 Å². The topological polar surface area (TPSA) is 47.3 Å². The van der Waals surface area contributed by atoms with Crippen LogP contribution in [0.5, 0.6) is 0 Å². The summed E-state index contributed by atoms with van der Waals surface area (Å²) in [5, 5.41) is 0.854. The zero-order valence-electron chi connectivity index (χ0n) is 15.4. The van der Waals surface area contributed by atoms with E-state index in [1.54, 1.807) is 0 Å². The standard InChI is InChI=1S/C20H26O3/c1-11-14-9-13(19(3,4)5)10-15(20(6,7)8)17(14)23-18(22)16(11)12(2)21/h9-10H,1-8H3. The number of rotatable bonds is 1. The maximum absolute atomic E-state index is 12.3. The number of hydrogen-bond donors (Lipinski definition) is 0. The number of carbonyl (C=O) groups is 1. The van der Waals surface area contributed by atoms with Crippen LogP contribution < -0.4 is 5.63 Å². The van der Waals surface area contributed by atoms with Crippen molar-refractivity contribution in [3.8, 4) is 0 Å². The summed E-state index contributed by atoms with van der Waals surface area (Å²) in [6, 6.07) is 4.17. The van der Waals surface area contributed by atoms with E-state index in [1.807, 2.05) is 6.92 Å². The number of Topliss-reactive ketones (excluding diaryl/α,β-unsaturated/α-hetero) is 1. The fraction of sp³-hybridized carbons (Fsp3) is 0.500. The fourth-order valence-electron chi connectivity index (χ4n) is 2.85. The lowest BCUT2D eigenvalue weighted by atomic mass is 9.79. The quantitative estimate of drug-likeness (QED) is 0.555. The summed E-state index contributed by atoms with van der Waals surface area (Å²) < 4.78 is 5.58. The van der Waals surface area contributed by atoms with Gasteiger partial charge in [-0.25, -0.2) is 4.79 Å². The van der Waals surface area contributed by atoms with Crippen LogP contribution in [-0.2, 0) is 10.8 Å². The SMILES string of the molecule is CC(=O)c1c(C)c2cc(C(C)(C)C)cc(C(C)(C)C)c2oc1=O. The highest BCUT2D eigenvalue weighted by molar-refractivity contribution is 5.99. The van der Waals surface area contributed by atoms with Gasteiger partial charge in [0.05, 0.1) is 0 Å². The van der Waals surface area contributed by atoms with Crippen LogP contribution in [0.4, 0.5) is 0 Å². The lowest BCUT2D eigenvalue weighted by Crippen LogP contribution is -2.20. The summed E-state index contributed by atoms with van der Waals surface area (Å²) in [5.74, 6) is -0.253. The molecule has 3 nitrogen and oxygen atoms in total. The number of ketones is 1. The van der Waals surface area contributed by atoms with Gasteiger partial charge in [-0.2, -0.15) is 0 Å². The van der Waals surface area contributed by atoms with Crippen molar-refractivity contribution in [3.05, 3.63) is 44.8 Å². The van der Waals surface area contributed by atoms with Crippen molar-refractivity contribution >= 4 is 16.8 Å². The van der Waals surface area contributed by atoms with Crippen molar-refractivity contribution in [2.75, 3.05) is 0 Å². The van der Waals surface area contributed by atoms with E-state index in [4.69, 9.17) is 4.42 Å². The second-order valence-corrected chi connectivity index (χ2v) is 8.35. The molecule has 0 bridgehead atoms. The predicted octanol–water partition coefficient (Wildman–Crippen LogP) is 4.90. The van der Waals surface area contributed by atoms with Crippen LogP contribution >= 0.6 is 0 Å². The van der Waals surface area contributed by atoms with Crippen molar-refractivity contribution in [1.82, 2.24) is 0 Å². The van der Waals surface area contributed by atoms with Crippen molar-refractivity contribution in [2.45, 2.75) is 66.2 Å². The summed E-state index contributed by atoms with van der Waals surface area (Å²) in [7, 11) is 0. The van der Waals surface area contributed by atoms with Gasteiger partial charge in [0, 0.05) is 10.9 Å². The largest absolute Gasteiger partial charge is 0.422 e. The molecule has 0 fully saturated rings. The highest BCUT2D eigenvalue weighted by Gasteiger charge is 2.26. The lowest BCUT2D eigenvalue weighted by molar-refractivity contribution is 0.101. The normalized spacial score (nSPS) is 12.7. The molecule has 2 rings (SSSR count). The smallest absolute Gasteiger partial charge is 0.347 e. The van der Waals surface area contributed by atoms with Gasteiger partial charge in [-0.05, 0) is 41.9 Å². The summed E-state index contributed by atoms with van der Waals surface area (Å²) in [6.07, 6.45) is 0. The highest BCUT2D eigenvalue weighted by Crippen LogP contribution is 2.36. The van der Waals surface area contributed by atoms with Gasteiger partial charge in [-0.1, -0.05) is 47.6 Å². The molecular formula is C20H26O3. The minimum Gasteiger partial charge on any atom is -0.422 e. The second kappa shape index (κ2) is 5.33. The Morgan fingerprint density at radius 2 is 1.57 bits per heavy atom. The maximum Gasteiger partial charge on any atom is 0.347 e. The van der Waals surface area contributed by atoms with Crippen molar-refractivity contribution in [2.24, 2.45) is 0 Å². The van der Waals surface area contributed by atoms with Gasteiger partial charge >= 0.3 is 5.63 Å². The summed E-state index contributed by atoms with van der Waals surface area (Å²) in [6.45, 7) is 16.0. The molecule has 1 heterocycles. The Morgan fingerprint density at radius 3 is 2.00 bits per heavy atom. The third-order valence-corrected chi connectivity index (χ3v) is 4.29. The van der Waals surface area contributed by atoms with Crippen LogP contribution in [0.15, 0.2) is 21.3 Å². The van der Waals surface area contributed by atoms with Crippen molar-refractivity contribution in [1.29, 1.82) is 0 Å². The number of aryl methyl sites for hydroxylation is 1. The van der Waals surface area contributed by atoms with Gasteiger partial charge in [-0.15, -0.1) is 0 Å². The molecule has 2 aromatic rings. The van der Waals surface area contributed by atoms with Crippen LogP contribution in [0.3, 0.4) is 0 Å². The van der Waals surface area contributed by atoms with E-state index in [1.165, 1.54) is 12.5 Å². The Bertz CT molecular complexity index is 840. The Kier molecular flexibility index (Phi) is 4.04. The van der Waals surface area contributed by atoms with Gasteiger partial charge in [-0.3, -0.25) is 4.79 Å². The summed E-state index contributed by atoms with van der Waals surface area (Å²) in [4.78, 5) is 24.1. The minimum absolute atomic E-state index is 0.0346. The summed E-state index contributed by atoms with van der Waals surface area (Å²) in [5.41, 5.74) is 2.88. The molecule has 0 radical (unpaired) electrons. The molecule has 1 aromatic heterocycles. The van der Waals surface area contributed by atoms with Crippen LogP contribution in [0, 0.1) is 6.92 Å². The zero-order valence-corrected chi connectivity index (χ0v) is 15.4. The monoisotopic (exact) mass is 314 g/mol. The lowest BCUT2D eigenvalue weighted by Gasteiger charge is -2.26. The number of benzene rings is 1. The van der Waals surface area contributed by atoms with Crippen molar-refractivity contribution in [3.63, 3.8) is 0 Å². The van der Waals surface area contributed by atoms with Crippen LogP contribution in [0.2, 0.25) is 0 Å². The minimum atomic E-state index is -0.545. The molecule has 0 saturated heterocycles. The fourth-order valence-corrected chi connectivity index (χ4v) is 2.85. The van der Waals surface area contributed by atoms with E-state index < -0.39 is 5.63 Å². The Labute approximate surface area is 137 Å². The van der Waals surface area contributed by atoms with E-state index in [0.29, 0.717) is 11.1 Å². The first-order valence-electron chi connectivity index (χ1n) is 7.97. The van der Waals surface area contributed by atoms with Gasteiger partial charge in [0.2, 0.25) is 0 Å². The molecule has 1 aromatic carbocycles. The molecule has 0 aliphatic heterocycles. The zero-order chi connectivity index (χ0) is 17.7. The Balaban J connectivity index is 3.06. The average Bonchev–Trinajstić information content (AvgIpc) is 2.34. The van der Waals surface area contributed by atoms with Gasteiger partial charge in [0.15, 0.2) is 5.78 Å². The molecule has 0 unspecified atom stereocenters. The van der Waals surface area contributed by atoms with E-state index in [0.717, 1.165) is 10.9 Å². The first kappa shape index (κ1) is 17.5. The second-order valence-electron chi connectivity index (χ2n) is 8.35. The van der Waals surface area contributed by atoms with E-state index in [-0.39, 0.29) is 22.2 Å². The molecule has 23 heavy (non-hydrogen) atoms. The maximum atomic E-state index is 12.3. The van der Waals surface area contributed by atoms with E-state index in [9.17, 15) is 9.59 Å². The first-order chi connectivity index (χ1) is 10.3. The molecule has 0 saturated carbocycles. The van der Waals surface area contributed by atoms with Crippen LogP contribution in [-0.4, -0.2) is 5.78 Å². The first-order valence-corrected chi connectivity index (χ1v) is 7.97. The molecule has 0 spiro atoms. The third kappa shape index (κ3) is 3.10. The molecule has 3 heteroatoms. The molecule has 124 valence electrons. The number of carbonyl (C=O) groups excluding carboxylic acids is 1. The molecule has 0 aliphatic carbocycles. The Hall–Kier alpha value is -1.90. The van der Waals surface area contributed by atoms with Crippen LogP contribution in [0.1, 0.15) is 75.5 Å². The van der Waals surface area contributed by atoms with E-state index in [2.05, 4.69) is 53.7 Å². The summed E-state index contributed by atoms with van der Waals surface area (Å²) >= 11 is 0. The third-order valence-electron chi connectivity index (χ3n) is 4.29. The van der Waals surface area contributed by atoms with Crippen LogP contribution in [0.25, 0.3) is 11.0 Å². The highest BCUT2D eigenvalue weighted by atomic mass is 16.4. The Morgan fingerprint density at radius 1 is 1.00 bits per heavy atom. The van der Waals surface area contributed by atoms with Gasteiger partial charge in [0.1, 0.15) is 11.1 Å². The number of hydrogen-bond acceptors (Lipinski definition) is 3. The van der Waals surface area contributed by atoms with Gasteiger partial charge in [0.25, 0.3) is 0 Å². The molecular weight excluding hydrogens is 288 g/mol. The van der Waals surface area contributed by atoms with Crippen molar-refractivity contribution < 1.29 is 9.21 Å². The molecule has 0 atom stereocenters. The molecule has 0 aliphatic rings. The molecule has 0 amide bonds. The number of fused-ring (bicyclic) bond motifs is 1. The molecule has 0 N–H and O–H groups in total. The predicted molar refractivity (Wildman–Crippen MR) is 94.6 cm³/mol.